The smallest absolute Gasteiger partial charge is 0.223 e. The van der Waals surface area contributed by atoms with Gasteiger partial charge in [-0.25, -0.2) is 0 Å². The van der Waals surface area contributed by atoms with Gasteiger partial charge >= 0.3 is 0 Å². The highest BCUT2D eigenvalue weighted by atomic mass is 16.2. The Morgan fingerprint density at radius 3 is 2.64 bits per heavy atom. The Kier molecular flexibility index (Phi) is 4.77. The summed E-state index contributed by atoms with van der Waals surface area (Å²) in [4.78, 5) is 20.0. The number of amides is 1. The Balaban J connectivity index is 1.90. The molecule has 1 aliphatic heterocycles. The molecule has 5 heteroatoms. The third-order valence-electron chi connectivity index (χ3n) is 5.68. The summed E-state index contributed by atoms with van der Waals surface area (Å²) >= 11 is 0. The third kappa shape index (κ3) is 3.22. The van der Waals surface area contributed by atoms with Gasteiger partial charge in [0.1, 0.15) is 0 Å². The number of anilines is 1. The SMILES string of the molecule is CC(=O)N(C)c1ccc2c(c1)c1c(n2/C=C(\C)c2ccncc2)CCN(C)C1. The minimum absolute atomic E-state index is 0.0400. The van der Waals surface area contributed by atoms with Gasteiger partial charge in [0.05, 0.1) is 5.52 Å². The Labute approximate surface area is 165 Å². The fraction of sp³-hybridized carbons (Fsp3) is 0.304. The Hall–Kier alpha value is -2.92. The number of hydrogen-bond acceptors (Lipinski definition) is 3. The number of likely N-dealkylation sites (N-methyl/N-ethyl adjacent to an activating group) is 1. The average molecular weight is 374 g/mol. The summed E-state index contributed by atoms with van der Waals surface area (Å²) in [5, 5.41) is 1.23. The largest absolute Gasteiger partial charge is 0.320 e. The van der Waals surface area contributed by atoms with Gasteiger partial charge in [-0.1, -0.05) is 0 Å². The van der Waals surface area contributed by atoms with E-state index >= 15 is 0 Å². The number of pyridine rings is 1. The van der Waals surface area contributed by atoms with Crippen molar-refractivity contribution in [3.8, 4) is 0 Å². The summed E-state index contributed by atoms with van der Waals surface area (Å²) in [7, 11) is 3.99. The van der Waals surface area contributed by atoms with E-state index in [0.717, 1.165) is 25.2 Å². The molecule has 0 bridgehead atoms. The molecule has 4 rings (SSSR count). The molecule has 0 atom stereocenters. The van der Waals surface area contributed by atoms with Gasteiger partial charge < -0.3 is 14.4 Å². The number of benzene rings is 1. The fourth-order valence-electron chi connectivity index (χ4n) is 3.94. The first-order chi connectivity index (χ1) is 13.5. The molecule has 0 unspecified atom stereocenters. The topological polar surface area (TPSA) is 41.4 Å². The van der Waals surface area contributed by atoms with Crippen LogP contribution in [0.2, 0.25) is 0 Å². The first-order valence-electron chi connectivity index (χ1n) is 9.63. The van der Waals surface area contributed by atoms with Gasteiger partial charge in [0, 0.05) is 68.8 Å². The van der Waals surface area contributed by atoms with E-state index in [0.29, 0.717) is 0 Å². The highest BCUT2D eigenvalue weighted by Gasteiger charge is 2.22. The van der Waals surface area contributed by atoms with E-state index in [1.54, 1.807) is 11.8 Å². The van der Waals surface area contributed by atoms with Crippen molar-refractivity contribution in [2.75, 3.05) is 25.5 Å². The molecule has 5 nitrogen and oxygen atoms in total. The van der Waals surface area contributed by atoms with Gasteiger partial charge in [0.25, 0.3) is 0 Å². The average Bonchev–Trinajstić information content (AvgIpc) is 3.00. The summed E-state index contributed by atoms with van der Waals surface area (Å²) in [6.07, 6.45) is 6.90. The quantitative estimate of drug-likeness (QED) is 0.695. The maximum absolute atomic E-state index is 11.8. The lowest BCUT2D eigenvalue weighted by Gasteiger charge is -2.23. The number of carbonyl (C=O) groups is 1. The minimum Gasteiger partial charge on any atom is -0.320 e. The number of hydrogen-bond donors (Lipinski definition) is 0. The zero-order chi connectivity index (χ0) is 19.8. The molecule has 0 spiro atoms. The Morgan fingerprint density at radius 1 is 1.18 bits per heavy atom. The summed E-state index contributed by atoms with van der Waals surface area (Å²) < 4.78 is 2.34. The molecular formula is C23H26N4O. The molecule has 0 radical (unpaired) electrons. The molecule has 28 heavy (non-hydrogen) atoms. The van der Waals surface area contributed by atoms with Crippen LogP contribution in [-0.2, 0) is 17.8 Å². The predicted octanol–water partition coefficient (Wildman–Crippen LogP) is 4.02. The van der Waals surface area contributed by atoms with E-state index in [4.69, 9.17) is 0 Å². The number of fused-ring (bicyclic) bond motifs is 3. The molecule has 0 saturated heterocycles. The van der Waals surface area contributed by atoms with E-state index in [1.807, 2.05) is 37.6 Å². The van der Waals surface area contributed by atoms with Gasteiger partial charge in [-0.2, -0.15) is 0 Å². The number of allylic oxidation sites excluding steroid dienone is 1. The van der Waals surface area contributed by atoms with Gasteiger partial charge in [-0.3, -0.25) is 9.78 Å². The van der Waals surface area contributed by atoms with Crippen molar-refractivity contribution in [1.29, 1.82) is 0 Å². The van der Waals surface area contributed by atoms with Gasteiger partial charge in [-0.05, 0) is 61.0 Å². The molecular weight excluding hydrogens is 348 g/mol. The predicted molar refractivity (Wildman–Crippen MR) is 115 cm³/mol. The Morgan fingerprint density at radius 2 is 1.93 bits per heavy atom. The van der Waals surface area contributed by atoms with Crippen LogP contribution in [0.15, 0.2) is 42.7 Å². The molecule has 1 aromatic carbocycles. The molecule has 144 valence electrons. The second-order valence-corrected chi connectivity index (χ2v) is 7.61. The lowest BCUT2D eigenvalue weighted by molar-refractivity contribution is -0.116. The Bertz CT molecular complexity index is 1070. The normalized spacial score (nSPS) is 14.9. The number of aromatic nitrogens is 2. The summed E-state index contributed by atoms with van der Waals surface area (Å²) in [5.74, 6) is 0.0400. The molecule has 3 aromatic rings. The van der Waals surface area contributed by atoms with Crippen LogP contribution in [0.5, 0.6) is 0 Å². The van der Waals surface area contributed by atoms with Crippen LogP contribution in [0.25, 0.3) is 22.7 Å². The van der Waals surface area contributed by atoms with E-state index in [1.165, 1.54) is 33.3 Å². The molecule has 1 amide bonds. The lowest BCUT2D eigenvalue weighted by Crippen LogP contribution is -2.27. The standard InChI is InChI=1S/C23H26N4O/c1-16(18-7-10-24-11-8-18)14-27-22-6-5-19(26(4)17(2)28)13-20(22)21-15-25(3)12-9-23(21)27/h5-8,10-11,13-14H,9,12,15H2,1-4H3/b16-14+. The monoisotopic (exact) mass is 374 g/mol. The van der Waals surface area contributed by atoms with Gasteiger partial charge in [0.2, 0.25) is 5.91 Å². The number of nitrogens with zero attached hydrogens (tertiary/aromatic N) is 4. The molecule has 2 aromatic heterocycles. The molecule has 3 heterocycles. The lowest BCUT2D eigenvalue weighted by atomic mass is 10.0. The van der Waals surface area contributed by atoms with E-state index in [-0.39, 0.29) is 5.91 Å². The van der Waals surface area contributed by atoms with Crippen molar-refractivity contribution in [1.82, 2.24) is 14.5 Å². The van der Waals surface area contributed by atoms with Crippen molar-refractivity contribution >= 4 is 34.3 Å². The van der Waals surface area contributed by atoms with Crippen molar-refractivity contribution in [3.63, 3.8) is 0 Å². The number of rotatable bonds is 3. The van der Waals surface area contributed by atoms with Crippen molar-refractivity contribution < 1.29 is 4.79 Å². The van der Waals surface area contributed by atoms with Crippen LogP contribution in [0, 0.1) is 0 Å². The van der Waals surface area contributed by atoms with Crippen LogP contribution in [0.4, 0.5) is 5.69 Å². The zero-order valence-electron chi connectivity index (χ0n) is 16.9. The first-order valence-corrected chi connectivity index (χ1v) is 9.63. The van der Waals surface area contributed by atoms with Crippen molar-refractivity contribution in [3.05, 3.63) is 59.5 Å². The maximum Gasteiger partial charge on any atom is 0.223 e. The highest BCUT2D eigenvalue weighted by molar-refractivity contribution is 5.97. The van der Waals surface area contributed by atoms with Crippen LogP contribution in [-0.4, -0.2) is 41.0 Å². The van der Waals surface area contributed by atoms with Crippen LogP contribution in [0.1, 0.15) is 30.7 Å². The molecule has 0 fully saturated rings. The zero-order valence-corrected chi connectivity index (χ0v) is 16.9. The summed E-state index contributed by atoms with van der Waals surface area (Å²) in [5.41, 5.74) is 7.22. The third-order valence-corrected chi connectivity index (χ3v) is 5.68. The molecule has 0 saturated carbocycles. The van der Waals surface area contributed by atoms with Crippen LogP contribution >= 0.6 is 0 Å². The molecule has 0 aliphatic carbocycles. The van der Waals surface area contributed by atoms with E-state index < -0.39 is 0 Å². The fourth-order valence-corrected chi connectivity index (χ4v) is 3.94. The van der Waals surface area contributed by atoms with E-state index in [2.05, 4.69) is 46.8 Å². The minimum atomic E-state index is 0.0400. The van der Waals surface area contributed by atoms with Crippen molar-refractivity contribution in [2.24, 2.45) is 0 Å². The van der Waals surface area contributed by atoms with Gasteiger partial charge in [-0.15, -0.1) is 0 Å². The van der Waals surface area contributed by atoms with Crippen molar-refractivity contribution in [2.45, 2.75) is 26.8 Å². The maximum atomic E-state index is 11.8. The second-order valence-electron chi connectivity index (χ2n) is 7.61. The molecule has 0 N–H and O–H groups in total. The summed E-state index contributed by atoms with van der Waals surface area (Å²) in [6.45, 7) is 5.71. The van der Waals surface area contributed by atoms with Crippen LogP contribution in [0.3, 0.4) is 0 Å². The molecule has 1 aliphatic rings. The highest BCUT2D eigenvalue weighted by Crippen LogP contribution is 2.34. The second kappa shape index (κ2) is 7.24. The van der Waals surface area contributed by atoms with E-state index in [9.17, 15) is 4.79 Å². The van der Waals surface area contributed by atoms with Gasteiger partial charge in [0.15, 0.2) is 0 Å². The van der Waals surface area contributed by atoms with Crippen LogP contribution < -0.4 is 4.90 Å². The number of carbonyl (C=O) groups excluding carboxylic acids is 1. The summed E-state index contributed by atoms with van der Waals surface area (Å²) in [6, 6.07) is 10.4. The first kappa shape index (κ1) is 18.4.